The Morgan fingerprint density at radius 2 is 1.75 bits per heavy atom. The van der Waals surface area contributed by atoms with Gasteiger partial charge < -0.3 is 20.3 Å². The van der Waals surface area contributed by atoms with Gasteiger partial charge >= 0.3 is 0 Å². The summed E-state index contributed by atoms with van der Waals surface area (Å²) in [6, 6.07) is 10.2. The molecule has 106 valence electrons. The number of hydrogen-bond donors (Lipinski definition) is 1. The maximum absolute atomic E-state index is 5.68. The zero-order valence-electron chi connectivity index (χ0n) is 11.5. The average molecular weight is 290 g/mol. The number of benzene rings is 1. The molecule has 3 rings (SSSR count). The minimum absolute atomic E-state index is 0.614. The summed E-state index contributed by atoms with van der Waals surface area (Å²) in [5.74, 6) is 1.51. The van der Waals surface area contributed by atoms with Crippen molar-refractivity contribution in [3.63, 3.8) is 0 Å². The smallest absolute Gasteiger partial charge is 0.139 e. The van der Waals surface area contributed by atoms with Crippen LogP contribution in [0.4, 0.5) is 16.5 Å². The minimum atomic E-state index is 0.614. The lowest BCUT2D eigenvalue weighted by Gasteiger charge is -2.36. The first-order valence-electron chi connectivity index (χ1n) is 6.62. The molecule has 1 aromatic heterocycles. The molecule has 1 saturated heterocycles. The number of rotatable bonds is 3. The molecule has 2 N–H and O–H groups in total. The number of hydrogen-bond acceptors (Lipinski definition) is 6. The Labute approximate surface area is 122 Å². The quantitative estimate of drug-likeness (QED) is 0.937. The molecule has 2 aromatic rings. The molecule has 0 spiro atoms. The molecule has 5 nitrogen and oxygen atoms in total. The lowest BCUT2D eigenvalue weighted by molar-refractivity contribution is 0.415. The predicted octanol–water partition coefficient (Wildman–Crippen LogP) is 2.06. The van der Waals surface area contributed by atoms with Gasteiger partial charge in [0.25, 0.3) is 0 Å². The Hall–Kier alpha value is -1.95. The number of nitrogens with two attached hydrogens (primary N) is 1. The topological polar surface area (TPSA) is 54.6 Å². The van der Waals surface area contributed by atoms with Crippen LogP contribution in [-0.4, -0.2) is 37.7 Å². The van der Waals surface area contributed by atoms with Gasteiger partial charge in [0.15, 0.2) is 0 Å². The van der Waals surface area contributed by atoms with Gasteiger partial charge in [0.1, 0.15) is 16.6 Å². The number of nitrogen functional groups attached to an aromatic ring is 1. The highest BCUT2D eigenvalue weighted by Crippen LogP contribution is 2.26. The Balaban J connectivity index is 1.63. The molecular weight excluding hydrogens is 272 g/mol. The predicted molar refractivity (Wildman–Crippen MR) is 83.9 cm³/mol. The highest BCUT2D eigenvalue weighted by molar-refractivity contribution is 7.10. The fourth-order valence-electron chi connectivity index (χ4n) is 2.41. The average Bonchev–Trinajstić information content (AvgIpc) is 2.94. The SMILES string of the molecule is COc1ccc(N2CCN(c3cc(N)ns3)CC2)cc1. The summed E-state index contributed by atoms with van der Waals surface area (Å²) in [6.07, 6.45) is 0. The van der Waals surface area contributed by atoms with E-state index in [2.05, 4.69) is 26.3 Å². The third-order valence-electron chi connectivity index (χ3n) is 3.54. The van der Waals surface area contributed by atoms with E-state index in [4.69, 9.17) is 10.5 Å². The van der Waals surface area contributed by atoms with Crippen molar-refractivity contribution in [3.05, 3.63) is 30.3 Å². The fourth-order valence-corrected chi connectivity index (χ4v) is 3.13. The highest BCUT2D eigenvalue weighted by Gasteiger charge is 2.18. The van der Waals surface area contributed by atoms with Gasteiger partial charge in [0, 0.05) is 37.9 Å². The first-order valence-corrected chi connectivity index (χ1v) is 7.40. The first kappa shape index (κ1) is 13.1. The second-order valence-corrected chi connectivity index (χ2v) is 5.55. The van der Waals surface area contributed by atoms with E-state index in [0.29, 0.717) is 5.82 Å². The van der Waals surface area contributed by atoms with Crippen molar-refractivity contribution in [2.45, 2.75) is 0 Å². The van der Waals surface area contributed by atoms with Gasteiger partial charge in [-0.05, 0) is 35.8 Å². The summed E-state index contributed by atoms with van der Waals surface area (Å²) >= 11 is 1.47. The molecule has 0 aliphatic carbocycles. The summed E-state index contributed by atoms with van der Waals surface area (Å²) in [4.78, 5) is 4.73. The Morgan fingerprint density at radius 1 is 1.10 bits per heavy atom. The van der Waals surface area contributed by atoms with E-state index in [9.17, 15) is 0 Å². The molecule has 0 amide bonds. The number of piperazine rings is 1. The summed E-state index contributed by atoms with van der Waals surface area (Å²) in [6.45, 7) is 4.00. The van der Waals surface area contributed by atoms with Crippen molar-refractivity contribution in [1.29, 1.82) is 0 Å². The number of methoxy groups -OCH3 is 1. The van der Waals surface area contributed by atoms with E-state index in [1.807, 2.05) is 18.2 Å². The van der Waals surface area contributed by atoms with Crippen LogP contribution in [0.3, 0.4) is 0 Å². The first-order chi connectivity index (χ1) is 9.76. The third-order valence-corrected chi connectivity index (χ3v) is 4.41. The van der Waals surface area contributed by atoms with E-state index < -0.39 is 0 Å². The second-order valence-electron chi connectivity index (χ2n) is 4.76. The molecule has 1 aromatic carbocycles. The molecule has 20 heavy (non-hydrogen) atoms. The van der Waals surface area contributed by atoms with Crippen molar-refractivity contribution in [2.24, 2.45) is 0 Å². The number of anilines is 3. The van der Waals surface area contributed by atoms with Crippen molar-refractivity contribution in [1.82, 2.24) is 4.37 Å². The lowest BCUT2D eigenvalue weighted by Crippen LogP contribution is -2.46. The minimum Gasteiger partial charge on any atom is -0.497 e. The molecule has 1 fully saturated rings. The van der Waals surface area contributed by atoms with Crippen LogP contribution in [0, 0.1) is 0 Å². The van der Waals surface area contributed by atoms with E-state index in [1.54, 1.807) is 7.11 Å². The highest BCUT2D eigenvalue weighted by atomic mass is 32.1. The van der Waals surface area contributed by atoms with Crippen molar-refractivity contribution >= 4 is 28.0 Å². The van der Waals surface area contributed by atoms with Crippen LogP contribution < -0.4 is 20.3 Å². The number of nitrogens with zero attached hydrogens (tertiary/aromatic N) is 3. The Kier molecular flexibility index (Phi) is 3.64. The van der Waals surface area contributed by atoms with Crippen LogP contribution in [0.1, 0.15) is 0 Å². The fraction of sp³-hybridized carbons (Fsp3) is 0.357. The maximum Gasteiger partial charge on any atom is 0.139 e. The van der Waals surface area contributed by atoms with E-state index >= 15 is 0 Å². The van der Waals surface area contributed by atoms with Crippen LogP contribution in [0.15, 0.2) is 30.3 Å². The molecule has 6 heteroatoms. The van der Waals surface area contributed by atoms with E-state index in [-0.39, 0.29) is 0 Å². The second kappa shape index (κ2) is 5.58. The molecule has 1 aliphatic heterocycles. The maximum atomic E-state index is 5.68. The third kappa shape index (κ3) is 2.65. The molecule has 0 unspecified atom stereocenters. The van der Waals surface area contributed by atoms with Gasteiger partial charge in [-0.25, -0.2) is 0 Å². The molecule has 0 saturated carbocycles. The molecule has 0 atom stereocenters. The van der Waals surface area contributed by atoms with Crippen molar-refractivity contribution in [3.8, 4) is 5.75 Å². The normalized spacial score (nSPS) is 15.4. The molecule has 1 aliphatic rings. The summed E-state index contributed by atoms with van der Waals surface area (Å²) in [5.41, 5.74) is 6.93. The number of aromatic nitrogens is 1. The van der Waals surface area contributed by atoms with Gasteiger partial charge in [-0.15, -0.1) is 0 Å². The van der Waals surface area contributed by atoms with Gasteiger partial charge in [0.2, 0.25) is 0 Å². The molecule has 0 radical (unpaired) electrons. The zero-order chi connectivity index (χ0) is 13.9. The molecule has 0 bridgehead atoms. The summed E-state index contributed by atoms with van der Waals surface area (Å²) in [5, 5.41) is 1.16. The van der Waals surface area contributed by atoms with Gasteiger partial charge in [-0.2, -0.15) is 4.37 Å². The summed E-state index contributed by atoms with van der Waals surface area (Å²) < 4.78 is 9.33. The van der Waals surface area contributed by atoms with Crippen LogP contribution in [-0.2, 0) is 0 Å². The number of ether oxygens (including phenoxy) is 1. The zero-order valence-corrected chi connectivity index (χ0v) is 12.3. The standard InChI is InChI=1S/C14H18N4OS/c1-19-12-4-2-11(3-5-12)17-6-8-18(9-7-17)14-10-13(15)16-20-14/h2-5,10H,6-9H2,1H3,(H2,15,16). The van der Waals surface area contributed by atoms with Crippen molar-refractivity contribution in [2.75, 3.05) is 48.8 Å². The van der Waals surface area contributed by atoms with E-state index in [1.165, 1.54) is 17.2 Å². The molecular formula is C14H18N4OS. The van der Waals surface area contributed by atoms with Crippen LogP contribution in [0.5, 0.6) is 5.75 Å². The largest absolute Gasteiger partial charge is 0.497 e. The van der Waals surface area contributed by atoms with Gasteiger partial charge in [0.05, 0.1) is 7.11 Å². The van der Waals surface area contributed by atoms with E-state index in [0.717, 1.165) is 36.9 Å². The monoisotopic (exact) mass is 290 g/mol. The summed E-state index contributed by atoms with van der Waals surface area (Å²) in [7, 11) is 1.69. The Bertz CT molecular complexity index is 561. The van der Waals surface area contributed by atoms with Crippen LogP contribution in [0.2, 0.25) is 0 Å². The van der Waals surface area contributed by atoms with Crippen molar-refractivity contribution < 1.29 is 4.74 Å². The Morgan fingerprint density at radius 3 is 2.30 bits per heavy atom. The van der Waals surface area contributed by atoms with Crippen LogP contribution >= 0.6 is 11.5 Å². The van der Waals surface area contributed by atoms with Gasteiger partial charge in [-0.3, -0.25) is 0 Å². The lowest BCUT2D eigenvalue weighted by atomic mass is 10.2. The van der Waals surface area contributed by atoms with Gasteiger partial charge in [-0.1, -0.05) is 0 Å². The van der Waals surface area contributed by atoms with Crippen LogP contribution in [0.25, 0.3) is 0 Å². The molecule has 2 heterocycles.